The Morgan fingerprint density at radius 2 is 2.21 bits per heavy atom. The van der Waals surface area contributed by atoms with Crippen LogP contribution in [0.15, 0.2) is 22.6 Å². The van der Waals surface area contributed by atoms with Crippen molar-refractivity contribution in [3.05, 3.63) is 40.0 Å². The monoisotopic (exact) mass is 329 g/mol. The highest BCUT2D eigenvalue weighted by molar-refractivity contribution is 9.09. The van der Waals surface area contributed by atoms with Crippen LogP contribution in [0.3, 0.4) is 0 Å². The van der Waals surface area contributed by atoms with Crippen LogP contribution in [0.25, 0.3) is 11.5 Å². The third-order valence-electron chi connectivity index (χ3n) is 2.41. The molecule has 0 radical (unpaired) electrons. The molecule has 1 aromatic carbocycles. The predicted molar refractivity (Wildman–Crippen MR) is 68.3 cm³/mol. The first-order valence-electron chi connectivity index (χ1n) is 5.44. The molecule has 6 nitrogen and oxygen atoms in total. The molecule has 0 fully saturated rings. The van der Waals surface area contributed by atoms with Crippen LogP contribution in [0.4, 0.5) is 10.1 Å². The lowest BCUT2D eigenvalue weighted by Crippen LogP contribution is -1.90. The van der Waals surface area contributed by atoms with E-state index in [1.54, 1.807) is 0 Å². The second-order valence-electron chi connectivity index (χ2n) is 3.78. The van der Waals surface area contributed by atoms with Crippen LogP contribution < -0.4 is 0 Å². The van der Waals surface area contributed by atoms with Crippen molar-refractivity contribution < 1.29 is 13.7 Å². The molecule has 0 saturated carbocycles. The minimum absolute atomic E-state index is 0.0514. The van der Waals surface area contributed by atoms with Gasteiger partial charge in [-0.15, -0.1) is 10.2 Å². The van der Waals surface area contributed by atoms with Gasteiger partial charge in [0.05, 0.1) is 15.8 Å². The number of halogens is 2. The van der Waals surface area contributed by atoms with Crippen molar-refractivity contribution in [2.24, 2.45) is 0 Å². The van der Waals surface area contributed by atoms with Crippen molar-refractivity contribution in [2.45, 2.75) is 18.2 Å². The molecular formula is C11H9BrFN3O3. The lowest BCUT2D eigenvalue weighted by molar-refractivity contribution is -0.385. The highest BCUT2D eigenvalue weighted by atomic mass is 79.9. The Morgan fingerprint density at radius 3 is 2.84 bits per heavy atom. The molecule has 0 N–H and O–H groups in total. The van der Waals surface area contributed by atoms with Crippen molar-refractivity contribution in [3.63, 3.8) is 0 Å². The minimum atomic E-state index is -0.727. The van der Waals surface area contributed by atoms with E-state index in [-0.39, 0.29) is 22.0 Å². The zero-order valence-electron chi connectivity index (χ0n) is 9.84. The third-order valence-corrected chi connectivity index (χ3v) is 3.45. The Kier molecular flexibility index (Phi) is 3.89. The van der Waals surface area contributed by atoms with E-state index in [9.17, 15) is 14.5 Å². The molecule has 0 aliphatic carbocycles. The van der Waals surface area contributed by atoms with Crippen molar-refractivity contribution in [1.29, 1.82) is 0 Å². The van der Waals surface area contributed by atoms with E-state index in [4.69, 9.17) is 4.42 Å². The highest BCUT2D eigenvalue weighted by Crippen LogP contribution is 2.29. The summed E-state index contributed by atoms with van der Waals surface area (Å²) in [5.74, 6) is -0.324. The van der Waals surface area contributed by atoms with Crippen LogP contribution in [0, 0.1) is 15.9 Å². The molecule has 1 atom stereocenters. The summed E-state index contributed by atoms with van der Waals surface area (Å²) in [6, 6.07) is 3.13. The summed E-state index contributed by atoms with van der Waals surface area (Å²) in [5.41, 5.74) is -0.179. The predicted octanol–water partition coefficient (Wildman–Crippen LogP) is 3.63. The van der Waals surface area contributed by atoms with Gasteiger partial charge in [-0.25, -0.2) is 4.39 Å². The molecule has 2 aromatic rings. The number of nitro groups is 1. The summed E-state index contributed by atoms with van der Waals surface area (Å²) in [5, 5.41) is 18.2. The number of benzene rings is 1. The number of nitro benzene ring substituents is 1. The lowest BCUT2D eigenvalue weighted by atomic mass is 10.2. The molecule has 1 aromatic heterocycles. The molecule has 2 rings (SSSR count). The molecule has 0 spiro atoms. The first kappa shape index (κ1) is 13.6. The Morgan fingerprint density at radius 1 is 1.47 bits per heavy atom. The number of aromatic nitrogens is 2. The topological polar surface area (TPSA) is 82.1 Å². The van der Waals surface area contributed by atoms with Crippen LogP contribution in [-0.2, 0) is 0 Å². The van der Waals surface area contributed by atoms with Gasteiger partial charge in [0.1, 0.15) is 5.82 Å². The van der Waals surface area contributed by atoms with Crippen LogP contribution in [0.5, 0.6) is 0 Å². The maximum absolute atomic E-state index is 13.3. The number of rotatable bonds is 4. The molecule has 0 saturated heterocycles. The zero-order chi connectivity index (χ0) is 14.0. The molecule has 19 heavy (non-hydrogen) atoms. The highest BCUT2D eigenvalue weighted by Gasteiger charge is 2.18. The summed E-state index contributed by atoms with van der Waals surface area (Å²) >= 11 is 3.34. The van der Waals surface area contributed by atoms with Crippen molar-refractivity contribution in [2.75, 3.05) is 0 Å². The summed E-state index contributed by atoms with van der Waals surface area (Å²) in [7, 11) is 0. The van der Waals surface area contributed by atoms with Crippen LogP contribution in [0.2, 0.25) is 0 Å². The lowest BCUT2D eigenvalue weighted by Gasteiger charge is -1.99. The molecule has 0 bridgehead atoms. The van der Waals surface area contributed by atoms with E-state index in [2.05, 4.69) is 26.1 Å². The second-order valence-corrected chi connectivity index (χ2v) is 4.88. The summed E-state index contributed by atoms with van der Waals surface area (Å²) in [6.45, 7) is 1.93. The van der Waals surface area contributed by atoms with E-state index < -0.39 is 10.7 Å². The van der Waals surface area contributed by atoms with Crippen molar-refractivity contribution >= 4 is 21.6 Å². The van der Waals surface area contributed by atoms with E-state index in [1.807, 2.05) is 6.92 Å². The van der Waals surface area contributed by atoms with Crippen molar-refractivity contribution in [1.82, 2.24) is 10.2 Å². The van der Waals surface area contributed by atoms with Gasteiger partial charge in [-0.3, -0.25) is 10.1 Å². The fourth-order valence-electron chi connectivity index (χ4n) is 1.46. The van der Waals surface area contributed by atoms with E-state index in [1.165, 1.54) is 6.07 Å². The quantitative estimate of drug-likeness (QED) is 0.486. The second kappa shape index (κ2) is 5.43. The fraction of sp³-hybridized carbons (Fsp3) is 0.273. The Labute approximate surface area is 115 Å². The summed E-state index contributed by atoms with van der Waals surface area (Å²) in [4.78, 5) is 9.88. The Bertz CT molecular complexity index is 617. The van der Waals surface area contributed by atoms with Crippen LogP contribution in [0.1, 0.15) is 24.1 Å². The smallest absolute Gasteiger partial charge is 0.273 e. The van der Waals surface area contributed by atoms with Gasteiger partial charge in [-0.2, -0.15) is 0 Å². The normalized spacial score (nSPS) is 12.4. The van der Waals surface area contributed by atoms with Gasteiger partial charge in [-0.1, -0.05) is 22.9 Å². The first-order chi connectivity index (χ1) is 9.01. The third kappa shape index (κ3) is 2.95. The van der Waals surface area contributed by atoms with Gasteiger partial charge in [0.2, 0.25) is 11.8 Å². The van der Waals surface area contributed by atoms with Gasteiger partial charge in [0, 0.05) is 11.6 Å². The molecular weight excluding hydrogens is 321 g/mol. The average Bonchev–Trinajstić information content (AvgIpc) is 2.86. The minimum Gasteiger partial charge on any atom is -0.419 e. The number of alkyl halides is 1. The van der Waals surface area contributed by atoms with Crippen molar-refractivity contribution in [3.8, 4) is 11.5 Å². The van der Waals surface area contributed by atoms with Crippen LogP contribution >= 0.6 is 15.9 Å². The molecule has 1 heterocycles. The number of non-ortho nitro benzene ring substituents is 1. The molecule has 0 aliphatic rings. The fourth-order valence-corrected chi connectivity index (χ4v) is 1.64. The maximum Gasteiger partial charge on any atom is 0.273 e. The molecule has 0 aliphatic heterocycles. The van der Waals surface area contributed by atoms with Gasteiger partial charge in [0.25, 0.3) is 5.69 Å². The SMILES string of the molecule is CCC(Br)c1nnc(-c2cc(F)cc([N+](=O)[O-])c2)o1. The van der Waals surface area contributed by atoms with Crippen LogP contribution in [-0.4, -0.2) is 15.1 Å². The molecule has 1 unspecified atom stereocenters. The van der Waals surface area contributed by atoms with Gasteiger partial charge < -0.3 is 4.42 Å². The van der Waals surface area contributed by atoms with Gasteiger partial charge in [-0.05, 0) is 12.5 Å². The maximum atomic E-state index is 13.3. The largest absolute Gasteiger partial charge is 0.419 e. The summed E-state index contributed by atoms with van der Waals surface area (Å²) < 4.78 is 18.7. The van der Waals surface area contributed by atoms with Gasteiger partial charge >= 0.3 is 0 Å². The number of hydrogen-bond acceptors (Lipinski definition) is 5. The molecule has 8 heteroatoms. The Balaban J connectivity index is 2.41. The summed E-state index contributed by atoms with van der Waals surface area (Å²) in [6.07, 6.45) is 0.741. The standard InChI is InChI=1S/C11H9BrFN3O3/c1-2-9(12)11-15-14-10(19-11)6-3-7(13)5-8(4-6)16(17)18/h3-5,9H,2H2,1H3. The molecule has 100 valence electrons. The molecule has 0 amide bonds. The number of hydrogen-bond donors (Lipinski definition) is 0. The average molecular weight is 330 g/mol. The van der Waals surface area contributed by atoms with E-state index in [0.717, 1.165) is 18.6 Å². The zero-order valence-corrected chi connectivity index (χ0v) is 11.4. The van der Waals surface area contributed by atoms with E-state index in [0.29, 0.717) is 5.89 Å². The van der Waals surface area contributed by atoms with Gasteiger partial charge in [0.15, 0.2) is 0 Å². The Hall–Kier alpha value is -1.83. The number of nitrogens with zero attached hydrogens (tertiary/aromatic N) is 3. The van der Waals surface area contributed by atoms with E-state index >= 15 is 0 Å². The first-order valence-corrected chi connectivity index (χ1v) is 6.35.